The Morgan fingerprint density at radius 3 is 3.00 bits per heavy atom. The van der Waals surface area contributed by atoms with Crippen LogP contribution in [0.1, 0.15) is 34.9 Å². The average molecular weight is 234 g/mol. The molecule has 0 spiro atoms. The molecule has 1 fully saturated rings. The van der Waals surface area contributed by atoms with Crippen molar-refractivity contribution in [1.29, 1.82) is 0 Å². The molecule has 2 aromatic rings. The zero-order valence-corrected chi connectivity index (χ0v) is 10.00. The molecule has 0 atom stereocenters. The third kappa shape index (κ3) is 1.82. The number of aryl methyl sites for hydroxylation is 1. The van der Waals surface area contributed by atoms with E-state index >= 15 is 0 Å². The fourth-order valence-corrected chi connectivity index (χ4v) is 2.89. The van der Waals surface area contributed by atoms with Crippen LogP contribution >= 0.6 is 11.3 Å². The van der Waals surface area contributed by atoms with Crippen molar-refractivity contribution in [3.8, 4) is 0 Å². The number of nitrogens with two attached hydrogens (primary N) is 1. The van der Waals surface area contributed by atoms with Crippen molar-refractivity contribution in [2.75, 3.05) is 5.73 Å². The minimum atomic E-state index is 0.667. The lowest BCUT2D eigenvalue weighted by atomic mass is 10.1. The summed E-state index contributed by atoms with van der Waals surface area (Å²) < 4.78 is 1.83. The van der Waals surface area contributed by atoms with Crippen molar-refractivity contribution in [3.05, 3.63) is 28.5 Å². The Labute approximate surface area is 98.1 Å². The highest BCUT2D eigenvalue weighted by Crippen LogP contribution is 2.43. The summed E-state index contributed by atoms with van der Waals surface area (Å²) >= 11 is 1.62. The number of hydrogen-bond donors (Lipinski definition) is 1. The minimum absolute atomic E-state index is 0.667. The third-order valence-corrected chi connectivity index (χ3v) is 3.73. The minimum Gasteiger partial charge on any atom is -0.375 e. The van der Waals surface area contributed by atoms with Crippen LogP contribution in [0.3, 0.4) is 0 Å². The molecule has 0 radical (unpaired) electrons. The molecule has 1 aliphatic carbocycles. The highest BCUT2D eigenvalue weighted by atomic mass is 32.1. The molecule has 2 N–H and O–H groups in total. The van der Waals surface area contributed by atoms with Crippen molar-refractivity contribution in [1.82, 2.24) is 14.8 Å². The normalized spacial score (nSPS) is 15.6. The molecule has 1 saturated carbocycles. The molecule has 2 aromatic heterocycles. The zero-order valence-electron chi connectivity index (χ0n) is 9.18. The van der Waals surface area contributed by atoms with Gasteiger partial charge in [0.05, 0.1) is 11.9 Å². The van der Waals surface area contributed by atoms with Crippen LogP contribution in [0.4, 0.5) is 5.13 Å². The van der Waals surface area contributed by atoms with Gasteiger partial charge in [-0.3, -0.25) is 4.68 Å². The zero-order chi connectivity index (χ0) is 11.1. The molecular formula is C11H14N4S. The van der Waals surface area contributed by atoms with Crippen LogP contribution in [0, 0.1) is 0 Å². The smallest absolute Gasteiger partial charge is 0.180 e. The van der Waals surface area contributed by atoms with E-state index in [1.165, 1.54) is 29.0 Å². The number of rotatable bonds is 3. The Balaban J connectivity index is 1.88. The summed E-state index contributed by atoms with van der Waals surface area (Å²) in [5.41, 5.74) is 8.25. The van der Waals surface area contributed by atoms with Crippen molar-refractivity contribution in [2.24, 2.45) is 7.05 Å². The van der Waals surface area contributed by atoms with Crippen LogP contribution in [0.2, 0.25) is 0 Å². The molecule has 0 aliphatic heterocycles. The summed E-state index contributed by atoms with van der Waals surface area (Å²) in [6.45, 7) is 0. The quantitative estimate of drug-likeness (QED) is 0.882. The van der Waals surface area contributed by atoms with E-state index < -0.39 is 0 Å². The first-order chi connectivity index (χ1) is 7.72. The van der Waals surface area contributed by atoms with Gasteiger partial charge < -0.3 is 5.73 Å². The van der Waals surface area contributed by atoms with E-state index in [0.29, 0.717) is 11.0 Å². The Hall–Kier alpha value is -1.36. The maximum absolute atomic E-state index is 5.79. The Morgan fingerprint density at radius 2 is 2.38 bits per heavy atom. The maximum Gasteiger partial charge on any atom is 0.180 e. The van der Waals surface area contributed by atoms with Gasteiger partial charge in [-0.2, -0.15) is 5.10 Å². The van der Waals surface area contributed by atoms with Crippen LogP contribution in [0.5, 0.6) is 0 Å². The molecule has 0 saturated heterocycles. The first-order valence-corrected chi connectivity index (χ1v) is 6.26. The Kier molecular flexibility index (Phi) is 2.21. The van der Waals surface area contributed by atoms with E-state index in [2.05, 4.69) is 10.1 Å². The van der Waals surface area contributed by atoms with Crippen molar-refractivity contribution in [3.63, 3.8) is 0 Å². The lowest BCUT2D eigenvalue weighted by Gasteiger charge is -1.97. The van der Waals surface area contributed by atoms with Gasteiger partial charge in [0, 0.05) is 30.5 Å². The van der Waals surface area contributed by atoms with Crippen LogP contribution in [0.15, 0.2) is 12.4 Å². The molecule has 84 valence electrons. The number of aromatic nitrogens is 3. The van der Waals surface area contributed by atoms with Crippen molar-refractivity contribution < 1.29 is 0 Å². The SMILES string of the molecule is Cn1cc(Cc2sc(N)nc2C2CC2)cn1. The van der Waals surface area contributed by atoms with E-state index in [0.717, 1.165) is 6.42 Å². The highest BCUT2D eigenvalue weighted by molar-refractivity contribution is 7.15. The van der Waals surface area contributed by atoms with Crippen molar-refractivity contribution >= 4 is 16.5 Å². The molecule has 3 rings (SSSR count). The summed E-state index contributed by atoms with van der Waals surface area (Å²) in [4.78, 5) is 5.76. The first kappa shape index (κ1) is 9.84. The number of thiazole rings is 1. The number of nitrogens with zero attached hydrogens (tertiary/aromatic N) is 3. The molecule has 0 unspecified atom stereocenters. The van der Waals surface area contributed by atoms with Gasteiger partial charge in [-0.25, -0.2) is 4.98 Å². The van der Waals surface area contributed by atoms with E-state index in [1.807, 2.05) is 24.1 Å². The number of hydrogen-bond acceptors (Lipinski definition) is 4. The molecule has 1 aliphatic rings. The largest absolute Gasteiger partial charge is 0.375 e. The Morgan fingerprint density at radius 1 is 1.56 bits per heavy atom. The van der Waals surface area contributed by atoms with Gasteiger partial charge in [0.25, 0.3) is 0 Å². The standard InChI is InChI=1S/C11H14N4S/c1-15-6-7(5-13-15)4-9-10(8-2-3-8)14-11(12)16-9/h5-6,8H,2-4H2,1H3,(H2,12,14). The van der Waals surface area contributed by atoms with E-state index in [4.69, 9.17) is 5.73 Å². The fraction of sp³-hybridized carbons (Fsp3) is 0.455. The molecule has 0 bridgehead atoms. The Bertz CT molecular complexity index is 510. The predicted octanol–water partition coefficient (Wildman–Crippen LogP) is 1.93. The second-order valence-corrected chi connectivity index (χ2v) is 5.45. The van der Waals surface area contributed by atoms with Gasteiger partial charge in [0.1, 0.15) is 0 Å². The topological polar surface area (TPSA) is 56.7 Å². The summed E-state index contributed by atoms with van der Waals surface area (Å²) in [5, 5.41) is 4.87. The lowest BCUT2D eigenvalue weighted by Crippen LogP contribution is -1.90. The van der Waals surface area contributed by atoms with Crippen LogP contribution in [-0.2, 0) is 13.5 Å². The number of anilines is 1. The molecule has 0 aromatic carbocycles. The van der Waals surface area contributed by atoms with E-state index in [1.54, 1.807) is 11.3 Å². The monoisotopic (exact) mass is 234 g/mol. The number of nitrogen functional groups attached to an aromatic ring is 1. The first-order valence-electron chi connectivity index (χ1n) is 5.45. The lowest BCUT2D eigenvalue weighted by molar-refractivity contribution is 0.767. The molecule has 16 heavy (non-hydrogen) atoms. The van der Waals surface area contributed by atoms with Crippen molar-refractivity contribution in [2.45, 2.75) is 25.2 Å². The second kappa shape index (κ2) is 3.59. The van der Waals surface area contributed by atoms with Gasteiger partial charge in [-0.15, -0.1) is 11.3 Å². The molecule has 4 nitrogen and oxygen atoms in total. The summed E-state index contributed by atoms with van der Waals surface area (Å²) in [5.74, 6) is 0.667. The van der Waals surface area contributed by atoms with Gasteiger partial charge >= 0.3 is 0 Å². The van der Waals surface area contributed by atoms with Gasteiger partial charge in [0.2, 0.25) is 0 Å². The fourth-order valence-electron chi connectivity index (χ4n) is 1.93. The molecule has 5 heteroatoms. The van der Waals surface area contributed by atoms with E-state index in [-0.39, 0.29) is 0 Å². The molecular weight excluding hydrogens is 220 g/mol. The van der Waals surface area contributed by atoms with E-state index in [9.17, 15) is 0 Å². The van der Waals surface area contributed by atoms with Gasteiger partial charge in [0.15, 0.2) is 5.13 Å². The summed E-state index contributed by atoms with van der Waals surface area (Å²) in [6.07, 6.45) is 7.40. The maximum atomic E-state index is 5.79. The molecule has 2 heterocycles. The van der Waals surface area contributed by atoms with Crippen LogP contribution in [-0.4, -0.2) is 14.8 Å². The van der Waals surface area contributed by atoms with Gasteiger partial charge in [-0.1, -0.05) is 0 Å². The van der Waals surface area contributed by atoms with Crippen LogP contribution < -0.4 is 5.73 Å². The highest BCUT2D eigenvalue weighted by Gasteiger charge is 2.29. The van der Waals surface area contributed by atoms with Crippen LogP contribution in [0.25, 0.3) is 0 Å². The third-order valence-electron chi connectivity index (χ3n) is 2.83. The van der Waals surface area contributed by atoms with Gasteiger partial charge in [-0.05, 0) is 18.4 Å². The summed E-state index contributed by atoms with van der Waals surface area (Å²) in [7, 11) is 1.94. The second-order valence-electron chi connectivity index (χ2n) is 4.33. The summed E-state index contributed by atoms with van der Waals surface area (Å²) in [6, 6.07) is 0. The molecule has 0 amide bonds. The predicted molar refractivity (Wildman–Crippen MR) is 64.5 cm³/mol. The average Bonchev–Trinajstić information content (AvgIpc) is 2.91.